The van der Waals surface area contributed by atoms with Crippen LogP contribution in [0.1, 0.15) is 239 Å². The van der Waals surface area contributed by atoms with Gasteiger partial charge in [-0.3, -0.25) is 9.59 Å². The van der Waals surface area contributed by atoms with Gasteiger partial charge in [-0.05, 0) is 109 Å². The van der Waals surface area contributed by atoms with E-state index in [4.69, 9.17) is 14.2 Å². The lowest BCUT2D eigenvalue weighted by Crippen LogP contribution is -2.30. The van der Waals surface area contributed by atoms with Crippen LogP contribution in [-0.2, 0) is 23.8 Å². The number of rotatable bonds is 46. The molecule has 0 aliphatic carbocycles. The molecule has 5 nitrogen and oxygen atoms in total. The Morgan fingerprint density at radius 1 is 0.383 bits per heavy atom. The Morgan fingerprint density at radius 2 is 0.750 bits per heavy atom. The lowest BCUT2D eigenvalue weighted by Gasteiger charge is -2.18. The molecular weight excluding hydrogens is 741 g/mol. The van der Waals surface area contributed by atoms with E-state index in [1.54, 1.807) is 0 Å². The van der Waals surface area contributed by atoms with Gasteiger partial charge in [0.1, 0.15) is 6.61 Å². The van der Waals surface area contributed by atoms with Gasteiger partial charge in [0.05, 0.1) is 6.61 Å². The lowest BCUT2D eigenvalue weighted by atomic mass is 10.1. The van der Waals surface area contributed by atoms with Gasteiger partial charge < -0.3 is 14.2 Å². The third-order valence-electron chi connectivity index (χ3n) is 10.7. The van der Waals surface area contributed by atoms with Crippen LogP contribution in [0.15, 0.2) is 72.9 Å². The molecule has 5 heteroatoms. The zero-order chi connectivity index (χ0) is 43.5. The largest absolute Gasteiger partial charge is 0.462 e. The molecule has 346 valence electrons. The van der Waals surface area contributed by atoms with Crippen LogP contribution in [0, 0.1) is 0 Å². The fourth-order valence-corrected chi connectivity index (χ4v) is 6.90. The molecule has 1 atom stereocenters. The van der Waals surface area contributed by atoms with Gasteiger partial charge >= 0.3 is 11.9 Å². The Morgan fingerprint density at radius 3 is 1.27 bits per heavy atom. The standard InChI is InChI=1S/C55H96O5/c1-4-7-10-13-16-19-22-25-27-29-32-35-38-41-44-47-50-58-51-53(60-55(57)49-46-43-40-37-34-30-24-21-18-15-12-9-6-3)52-59-54(56)48-45-42-39-36-33-31-28-26-23-20-17-14-11-8-5-2/h8,11,17,20-21,24-28,33,36,53H,4-7,9-10,12-16,18-19,22-23,29-32,34-35,37-52H2,1-3H3/b11-8-,20-17-,24-21-,27-25-,28-26-,36-33-. The minimum atomic E-state index is -0.561. The molecule has 0 saturated heterocycles. The summed E-state index contributed by atoms with van der Waals surface area (Å²) in [7, 11) is 0. The molecule has 0 bridgehead atoms. The van der Waals surface area contributed by atoms with Crippen molar-refractivity contribution >= 4 is 11.9 Å². The topological polar surface area (TPSA) is 61.8 Å². The van der Waals surface area contributed by atoms with Gasteiger partial charge in [0, 0.05) is 19.4 Å². The number of hydrogen-bond acceptors (Lipinski definition) is 5. The molecule has 0 amide bonds. The Bertz CT molecular complexity index is 1080. The van der Waals surface area contributed by atoms with E-state index in [1.807, 2.05) is 0 Å². The van der Waals surface area contributed by atoms with E-state index in [9.17, 15) is 9.59 Å². The Hall–Kier alpha value is -2.66. The van der Waals surface area contributed by atoms with Crippen LogP contribution >= 0.6 is 0 Å². The normalized spacial score (nSPS) is 12.8. The average Bonchev–Trinajstić information content (AvgIpc) is 3.25. The molecule has 0 aromatic carbocycles. The predicted octanol–water partition coefficient (Wildman–Crippen LogP) is 17.1. The molecule has 0 aromatic rings. The molecule has 0 radical (unpaired) electrons. The van der Waals surface area contributed by atoms with Crippen LogP contribution in [0.2, 0.25) is 0 Å². The fourth-order valence-electron chi connectivity index (χ4n) is 6.90. The first-order valence-corrected chi connectivity index (χ1v) is 25.5. The number of hydrogen-bond donors (Lipinski definition) is 0. The highest BCUT2D eigenvalue weighted by molar-refractivity contribution is 5.70. The van der Waals surface area contributed by atoms with Gasteiger partial charge in [-0.2, -0.15) is 0 Å². The van der Waals surface area contributed by atoms with Crippen LogP contribution in [0.5, 0.6) is 0 Å². The summed E-state index contributed by atoms with van der Waals surface area (Å²) in [5.41, 5.74) is 0. The summed E-state index contributed by atoms with van der Waals surface area (Å²) in [6, 6.07) is 0. The molecule has 0 N–H and O–H groups in total. The van der Waals surface area contributed by atoms with E-state index in [2.05, 4.69) is 93.7 Å². The number of esters is 2. The SMILES string of the molecule is CC/C=C\C/C=C\C/C=C\C/C=C\CCCCC(=O)OCC(COCCCCCCCC/C=C\CCCCCCCC)OC(=O)CCCCCCC/C=C\CCCCCC. The van der Waals surface area contributed by atoms with E-state index in [0.29, 0.717) is 19.4 Å². The maximum Gasteiger partial charge on any atom is 0.306 e. The Labute approximate surface area is 372 Å². The van der Waals surface area contributed by atoms with Crippen molar-refractivity contribution in [3.8, 4) is 0 Å². The number of allylic oxidation sites excluding steroid dienone is 12. The predicted molar refractivity (Wildman–Crippen MR) is 260 cm³/mol. The first kappa shape index (κ1) is 57.3. The molecular formula is C55H96O5. The van der Waals surface area contributed by atoms with Gasteiger partial charge in [-0.15, -0.1) is 0 Å². The van der Waals surface area contributed by atoms with E-state index in [-0.39, 0.29) is 25.2 Å². The van der Waals surface area contributed by atoms with Crippen molar-refractivity contribution in [3.63, 3.8) is 0 Å². The summed E-state index contributed by atoms with van der Waals surface area (Å²) < 4.78 is 17.3. The van der Waals surface area contributed by atoms with Crippen molar-refractivity contribution in [2.45, 2.75) is 245 Å². The zero-order valence-electron chi connectivity index (χ0n) is 39.7. The van der Waals surface area contributed by atoms with Gasteiger partial charge in [-0.1, -0.05) is 190 Å². The molecule has 0 rings (SSSR count). The number of unbranched alkanes of at least 4 members (excludes halogenated alkanes) is 23. The van der Waals surface area contributed by atoms with Crippen molar-refractivity contribution < 1.29 is 23.8 Å². The van der Waals surface area contributed by atoms with Gasteiger partial charge in [0.25, 0.3) is 0 Å². The van der Waals surface area contributed by atoms with Crippen molar-refractivity contribution in [1.82, 2.24) is 0 Å². The first-order valence-electron chi connectivity index (χ1n) is 25.5. The van der Waals surface area contributed by atoms with Crippen molar-refractivity contribution in [1.29, 1.82) is 0 Å². The maximum absolute atomic E-state index is 12.8. The van der Waals surface area contributed by atoms with Crippen molar-refractivity contribution in [3.05, 3.63) is 72.9 Å². The quantitative estimate of drug-likeness (QED) is 0.0347. The molecule has 0 heterocycles. The molecule has 0 spiro atoms. The van der Waals surface area contributed by atoms with Crippen molar-refractivity contribution in [2.24, 2.45) is 0 Å². The zero-order valence-corrected chi connectivity index (χ0v) is 39.7. The summed E-state index contributed by atoms with van der Waals surface area (Å²) >= 11 is 0. The summed E-state index contributed by atoms with van der Waals surface area (Å²) in [6.07, 6.45) is 64.8. The summed E-state index contributed by atoms with van der Waals surface area (Å²) in [5, 5.41) is 0. The number of carbonyl (C=O) groups excluding carboxylic acids is 2. The van der Waals surface area contributed by atoms with Crippen molar-refractivity contribution in [2.75, 3.05) is 19.8 Å². The molecule has 0 fully saturated rings. The van der Waals surface area contributed by atoms with Crippen LogP contribution in [0.25, 0.3) is 0 Å². The fraction of sp³-hybridized carbons (Fsp3) is 0.745. The van der Waals surface area contributed by atoms with Crippen LogP contribution < -0.4 is 0 Å². The van der Waals surface area contributed by atoms with E-state index >= 15 is 0 Å². The average molecular weight is 837 g/mol. The first-order chi connectivity index (χ1) is 29.6. The highest BCUT2D eigenvalue weighted by Gasteiger charge is 2.17. The second kappa shape index (κ2) is 50.7. The lowest BCUT2D eigenvalue weighted by molar-refractivity contribution is -0.163. The number of ether oxygens (including phenoxy) is 3. The molecule has 0 aliphatic heterocycles. The summed E-state index contributed by atoms with van der Waals surface area (Å²) in [5.74, 6) is -0.457. The van der Waals surface area contributed by atoms with E-state index in [1.165, 1.54) is 122 Å². The summed E-state index contributed by atoms with van der Waals surface area (Å²) in [4.78, 5) is 25.3. The van der Waals surface area contributed by atoms with Crippen LogP contribution in [0.4, 0.5) is 0 Å². The van der Waals surface area contributed by atoms with E-state index < -0.39 is 6.10 Å². The molecule has 1 unspecified atom stereocenters. The minimum Gasteiger partial charge on any atom is -0.462 e. The van der Waals surface area contributed by atoms with E-state index in [0.717, 1.165) is 83.5 Å². The molecule has 60 heavy (non-hydrogen) atoms. The van der Waals surface area contributed by atoms with Crippen LogP contribution in [0.3, 0.4) is 0 Å². The molecule has 0 aromatic heterocycles. The Balaban J connectivity index is 4.35. The molecule has 0 saturated carbocycles. The maximum atomic E-state index is 12.8. The highest BCUT2D eigenvalue weighted by Crippen LogP contribution is 2.13. The molecule has 0 aliphatic rings. The highest BCUT2D eigenvalue weighted by atomic mass is 16.6. The third-order valence-corrected chi connectivity index (χ3v) is 10.7. The smallest absolute Gasteiger partial charge is 0.306 e. The van der Waals surface area contributed by atoms with Crippen LogP contribution in [-0.4, -0.2) is 37.9 Å². The monoisotopic (exact) mass is 837 g/mol. The van der Waals surface area contributed by atoms with Gasteiger partial charge in [-0.25, -0.2) is 0 Å². The Kier molecular flexibility index (Phi) is 48.4. The second-order valence-electron chi connectivity index (χ2n) is 16.7. The van der Waals surface area contributed by atoms with Gasteiger partial charge in [0.15, 0.2) is 6.10 Å². The minimum absolute atomic E-state index is 0.0565. The number of carbonyl (C=O) groups is 2. The summed E-state index contributed by atoms with van der Waals surface area (Å²) in [6.45, 7) is 7.64. The third kappa shape index (κ3) is 48.0. The second-order valence-corrected chi connectivity index (χ2v) is 16.7. The van der Waals surface area contributed by atoms with Gasteiger partial charge in [0.2, 0.25) is 0 Å².